The van der Waals surface area contributed by atoms with E-state index in [9.17, 15) is 4.79 Å². The van der Waals surface area contributed by atoms with Crippen molar-refractivity contribution >= 4 is 17.2 Å². The van der Waals surface area contributed by atoms with Gasteiger partial charge >= 0.3 is 0 Å². The number of aliphatic hydroxyl groups excluding tert-OH is 1. The highest BCUT2D eigenvalue weighted by atomic mass is 32.1. The summed E-state index contributed by atoms with van der Waals surface area (Å²) < 4.78 is 1.70. The lowest BCUT2D eigenvalue weighted by Crippen LogP contribution is -2.22. The van der Waals surface area contributed by atoms with Crippen LogP contribution in [0.3, 0.4) is 0 Å². The van der Waals surface area contributed by atoms with Crippen molar-refractivity contribution in [2.24, 2.45) is 7.05 Å². The summed E-state index contributed by atoms with van der Waals surface area (Å²) in [6.07, 6.45) is 2.28. The molecule has 1 amide bonds. The number of aromatic nitrogens is 2. The number of nitrogens with zero attached hydrogens (tertiary/aromatic N) is 2. The molecule has 2 aromatic rings. The fourth-order valence-electron chi connectivity index (χ4n) is 1.55. The lowest BCUT2D eigenvalue weighted by molar-refractivity contribution is 0.0954. The molecule has 0 aliphatic heterocycles. The van der Waals surface area contributed by atoms with Gasteiger partial charge in [0.15, 0.2) is 0 Å². The molecule has 0 aromatic carbocycles. The second kappa shape index (κ2) is 6.89. The van der Waals surface area contributed by atoms with Gasteiger partial charge in [-0.15, -0.1) is 11.3 Å². The predicted molar refractivity (Wildman–Crippen MR) is 77.3 cm³/mol. The standard InChI is InChI=1S/C14H15N3O2S/c1-17-8-7-11(16-17)10-15-14(19)13-6-5-12(20-13)4-2-3-9-18/h5-8,18H,3,9-10H2,1H3,(H,15,19). The molecule has 0 fully saturated rings. The van der Waals surface area contributed by atoms with Crippen molar-refractivity contribution in [1.29, 1.82) is 0 Å². The number of hydrogen-bond acceptors (Lipinski definition) is 4. The topological polar surface area (TPSA) is 67.2 Å². The van der Waals surface area contributed by atoms with E-state index in [-0.39, 0.29) is 12.5 Å². The highest BCUT2D eigenvalue weighted by molar-refractivity contribution is 7.14. The number of aliphatic hydroxyl groups is 1. The van der Waals surface area contributed by atoms with Gasteiger partial charge in [0, 0.05) is 19.7 Å². The van der Waals surface area contributed by atoms with Crippen LogP contribution in [0.15, 0.2) is 24.4 Å². The quantitative estimate of drug-likeness (QED) is 0.830. The third-order valence-corrected chi connectivity index (χ3v) is 3.48. The van der Waals surface area contributed by atoms with Crippen LogP contribution in [-0.2, 0) is 13.6 Å². The number of rotatable bonds is 4. The average Bonchev–Trinajstić information content (AvgIpc) is 3.06. The Bertz CT molecular complexity index is 649. The van der Waals surface area contributed by atoms with Crippen molar-refractivity contribution in [2.45, 2.75) is 13.0 Å². The van der Waals surface area contributed by atoms with Crippen LogP contribution in [-0.4, -0.2) is 27.4 Å². The van der Waals surface area contributed by atoms with E-state index in [1.807, 2.05) is 25.4 Å². The van der Waals surface area contributed by atoms with Crippen molar-refractivity contribution in [3.05, 3.63) is 39.8 Å². The largest absolute Gasteiger partial charge is 0.395 e. The number of thiophene rings is 1. The van der Waals surface area contributed by atoms with E-state index >= 15 is 0 Å². The maximum atomic E-state index is 11.9. The summed E-state index contributed by atoms with van der Waals surface area (Å²) in [5, 5.41) is 15.7. The molecule has 0 aliphatic carbocycles. The number of aryl methyl sites for hydroxylation is 1. The molecule has 2 rings (SSSR count). The summed E-state index contributed by atoms with van der Waals surface area (Å²) >= 11 is 1.34. The second-order valence-corrected chi connectivity index (χ2v) is 5.19. The number of nitrogens with one attached hydrogen (secondary N) is 1. The molecular weight excluding hydrogens is 274 g/mol. The molecule has 2 aromatic heterocycles. The maximum absolute atomic E-state index is 11.9. The van der Waals surface area contributed by atoms with E-state index in [4.69, 9.17) is 5.11 Å². The van der Waals surface area contributed by atoms with Crippen LogP contribution < -0.4 is 5.32 Å². The van der Waals surface area contributed by atoms with Crippen LogP contribution in [0.1, 0.15) is 26.7 Å². The fraction of sp³-hybridized carbons (Fsp3) is 0.286. The first-order chi connectivity index (χ1) is 9.69. The zero-order valence-corrected chi connectivity index (χ0v) is 11.9. The molecule has 20 heavy (non-hydrogen) atoms. The van der Waals surface area contributed by atoms with Gasteiger partial charge in [0.1, 0.15) is 0 Å². The number of carbonyl (C=O) groups is 1. The van der Waals surface area contributed by atoms with E-state index in [0.29, 0.717) is 17.8 Å². The monoisotopic (exact) mass is 289 g/mol. The first kappa shape index (κ1) is 14.3. The molecule has 104 valence electrons. The summed E-state index contributed by atoms with van der Waals surface area (Å²) in [4.78, 5) is 13.4. The highest BCUT2D eigenvalue weighted by Crippen LogP contribution is 2.15. The number of hydrogen-bond donors (Lipinski definition) is 2. The molecule has 5 nitrogen and oxygen atoms in total. The Morgan fingerprint density at radius 1 is 1.50 bits per heavy atom. The predicted octanol–water partition coefficient (Wildman–Crippen LogP) is 1.15. The Hall–Kier alpha value is -2.10. The van der Waals surface area contributed by atoms with Crippen LogP contribution in [0.25, 0.3) is 0 Å². The highest BCUT2D eigenvalue weighted by Gasteiger charge is 2.08. The van der Waals surface area contributed by atoms with Crippen molar-refractivity contribution in [2.75, 3.05) is 6.61 Å². The SMILES string of the molecule is Cn1ccc(CNC(=O)c2ccc(C#CCCO)s2)n1. The van der Waals surface area contributed by atoms with E-state index in [0.717, 1.165) is 10.6 Å². The van der Waals surface area contributed by atoms with Gasteiger partial charge in [-0.05, 0) is 18.2 Å². The van der Waals surface area contributed by atoms with Gasteiger partial charge in [0.2, 0.25) is 0 Å². The van der Waals surface area contributed by atoms with Crippen molar-refractivity contribution in [1.82, 2.24) is 15.1 Å². The van der Waals surface area contributed by atoms with Crippen LogP contribution in [0.2, 0.25) is 0 Å². The Balaban J connectivity index is 1.91. The van der Waals surface area contributed by atoms with Crippen LogP contribution in [0, 0.1) is 11.8 Å². The second-order valence-electron chi connectivity index (χ2n) is 4.10. The molecule has 0 aliphatic rings. The molecule has 0 unspecified atom stereocenters. The molecule has 2 N–H and O–H groups in total. The Morgan fingerprint density at radius 3 is 3.05 bits per heavy atom. The van der Waals surface area contributed by atoms with Gasteiger partial charge < -0.3 is 10.4 Å². The van der Waals surface area contributed by atoms with Gasteiger partial charge in [-0.3, -0.25) is 9.48 Å². The third kappa shape index (κ3) is 3.95. The third-order valence-electron chi connectivity index (χ3n) is 2.48. The van der Waals surface area contributed by atoms with E-state index in [1.54, 1.807) is 10.7 Å². The Labute approximate surface area is 121 Å². The number of amides is 1. The van der Waals surface area contributed by atoms with E-state index in [2.05, 4.69) is 22.3 Å². The van der Waals surface area contributed by atoms with Crippen LogP contribution in [0.4, 0.5) is 0 Å². The minimum atomic E-state index is -0.129. The Kier molecular flexibility index (Phi) is 4.93. The fourth-order valence-corrected chi connectivity index (χ4v) is 2.35. The summed E-state index contributed by atoms with van der Waals surface area (Å²) in [6.45, 7) is 0.457. The molecule has 0 saturated carbocycles. The molecule has 0 saturated heterocycles. The van der Waals surface area contributed by atoms with E-state index in [1.165, 1.54) is 11.3 Å². The van der Waals surface area contributed by atoms with Gasteiger partial charge in [0.25, 0.3) is 5.91 Å². The molecule has 0 spiro atoms. The molecule has 2 heterocycles. The first-order valence-electron chi connectivity index (χ1n) is 6.15. The summed E-state index contributed by atoms with van der Waals surface area (Å²) in [5.41, 5.74) is 0.820. The normalized spacial score (nSPS) is 9.90. The summed E-state index contributed by atoms with van der Waals surface area (Å²) in [5.74, 6) is 5.61. The van der Waals surface area contributed by atoms with E-state index < -0.39 is 0 Å². The molecule has 0 bridgehead atoms. The van der Waals surface area contributed by atoms with Crippen molar-refractivity contribution < 1.29 is 9.90 Å². The molecule has 0 atom stereocenters. The molecular formula is C14H15N3O2S. The van der Waals surface area contributed by atoms with Gasteiger partial charge in [0.05, 0.1) is 28.6 Å². The molecule has 6 heteroatoms. The lowest BCUT2D eigenvalue weighted by Gasteiger charge is -2.00. The minimum absolute atomic E-state index is 0.0514. The van der Waals surface area contributed by atoms with Crippen molar-refractivity contribution in [3.8, 4) is 11.8 Å². The van der Waals surface area contributed by atoms with Gasteiger partial charge in [-0.25, -0.2) is 0 Å². The zero-order valence-electron chi connectivity index (χ0n) is 11.1. The van der Waals surface area contributed by atoms with Crippen LogP contribution >= 0.6 is 11.3 Å². The van der Waals surface area contributed by atoms with Crippen LogP contribution in [0.5, 0.6) is 0 Å². The summed E-state index contributed by atoms with van der Waals surface area (Å²) in [6, 6.07) is 5.42. The van der Waals surface area contributed by atoms with Gasteiger partial charge in [-0.1, -0.05) is 11.8 Å². The zero-order chi connectivity index (χ0) is 14.4. The first-order valence-corrected chi connectivity index (χ1v) is 6.97. The maximum Gasteiger partial charge on any atom is 0.261 e. The van der Waals surface area contributed by atoms with Crippen molar-refractivity contribution in [3.63, 3.8) is 0 Å². The average molecular weight is 289 g/mol. The Morgan fingerprint density at radius 2 is 2.35 bits per heavy atom. The summed E-state index contributed by atoms with van der Waals surface area (Å²) in [7, 11) is 1.84. The lowest BCUT2D eigenvalue weighted by atomic mass is 10.3. The van der Waals surface area contributed by atoms with Gasteiger partial charge in [-0.2, -0.15) is 5.10 Å². The smallest absolute Gasteiger partial charge is 0.261 e. The molecule has 0 radical (unpaired) electrons. The number of carbonyl (C=O) groups excluding carboxylic acids is 1. The minimum Gasteiger partial charge on any atom is -0.395 e.